The van der Waals surface area contributed by atoms with Crippen LogP contribution in [0.25, 0.3) is 0 Å². The van der Waals surface area contributed by atoms with Gasteiger partial charge in [-0.25, -0.2) is 0 Å². The highest BCUT2D eigenvalue weighted by atomic mass is 14.8. The normalized spacial score (nSPS) is 10.1. The number of benzene rings is 2. The minimum absolute atomic E-state index is 0.712. The highest BCUT2D eigenvalue weighted by Crippen LogP contribution is 2.05. The largest absolute Gasteiger partial charge is 0.312 e. The molecule has 0 bridgehead atoms. The average molecular weight is 250 g/mol. The van der Waals surface area contributed by atoms with Gasteiger partial charge in [-0.2, -0.15) is 5.26 Å². The Morgan fingerprint density at radius 3 is 2.53 bits per heavy atom. The molecular formula is C17H18N2. The van der Waals surface area contributed by atoms with E-state index in [1.807, 2.05) is 24.3 Å². The number of rotatable bonds is 5. The van der Waals surface area contributed by atoms with E-state index in [9.17, 15) is 0 Å². The van der Waals surface area contributed by atoms with Crippen molar-refractivity contribution in [1.82, 2.24) is 5.32 Å². The van der Waals surface area contributed by atoms with Crippen LogP contribution in [0.2, 0.25) is 0 Å². The van der Waals surface area contributed by atoms with Crippen LogP contribution in [0.3, 0.4) is 0 Å². The Kier molecular flexibility index (Phi) is 4.72. The van der Waals surface area contributed by atoms with Crippen LogP contribution in [0.1, 0.15) is 22.3 Å². The maximum atomic E-state index is 8.73. The summed E-state index contributed by atoms with van der Waals surface area (Å²) < 4.78 is 0. The molecule has 0 amide bonds. The fraction of sp³-hybridized carbons (Fsp3) is 0.235. The molecular weight excluding hydrogens is 232 g/mol. The van der Waals surface area contributed by atoms with E-state index in [2.05, 4.69) is 42.6 Å². The summed E-state index contributed by atoms with van der Waals surface area (Å²) in [5.41, 5.74) is 4.60. The number of nitrogens with one attached hydrogen (secondary N) is 1. The van der Waals surface area contributed by atoms with Crippen molar-refractivity contribution in [3.8, 4) is 6.07 Å². The van der Waals surface area contributed by atoms with Crippen LogP contribution >= 0.6 is 0 Å². The van der Waals surface area contributed by atoms with E-state index < -0.39 is 0 Å². The molecule has 0 aliphatic rings. The second-order valence-corrected chi connectivity index (χ2v) is 4.72. The van der Waals surface area contributed by atoms with Crippen molar-refractivity contribution >= 4 is 0 Å². The summed E-state index contributed by atoms with van der Waals surface area (Å²) >= 11 is 0. The summed E-state index contributed by atoms with van der Waals surface area (Å²) in [7, 11) is 0. The third-order valence-electron chi connectivity index (χ3n) is 3.09. The Balaban J connectivity index is 1.76. The molecule has 19 heavy (non-hydrogen) atoms. The van der Waals surface area contributed by atoms with E-state index in [0.29, 0.717) is 5.56 Å². The van der Waals surface area contributed by atoms with Crippen LogP contribution in [-0.4, -0.2) is 6.54 Å². The van der Waals surface area contributed by atoms with Gasteiger partial charge in [0.25, 0.3) is 0 Å². The molecule has 2 rings (SSSR count). The standard InChI is InChI=1S/C17H18N2/c1-14-3-2-4-15(11-14)9-10-19-13-17-7-5-16(12-18)6-8-17/h2-8,11,19H,9-10,13H2,1H3. The van der Waals surface area contributed by atoms with Crippen LogP contribution in [0.15, 0.2) is 48.5 Å². The first kappa shape index (κ1) is 13.3. The van der Waals surface area contributed by atoms with Crippen LogP contribution in [0.4, 0.5) is 0 Å². The van der Waals surface area contributed by atoms with E-state index in [1.54, 1.807) is 0 Å². The summed E-state index contributed by atoms with van der Waals surface area (Å²) in [4.78, 5) is 0. The van der Waals surface area contributed by atoms with Crippen molar-refractivity contribution < 1.29 is 0 Å². The smallest absolute Gasteiger partial charge is 0.0991 e. The molecule has 0 radical (unpaired) electrons. The maximum absolute atomic E-state index is 8.73. The fourth-order valence-electron chi connectivity index (χ4n) is 2.03. The molecule has 0 saturated carbocycles. The first-order valence-corrected chi connectivity index (χ1v) is 6.53. The highest BCUT2D eigenvalue weighted by molar-refractivity contribution is 5.31. The summed E-state index contributed by atoms with van der Waals surface area (Å²) in [6.07, 6.45) is 1.04. The van der Waals surface area contributed by atoms with Gasteiger partial charge in [-0.3, -0.25) is 0 Å². The number of nitrogens with zero attached hydrogens (tertiary/aromatic N) is 1. The molecule has 96 valence electrons. The number of hydrogen-bond acceptors (Lipinski definition) is 2. The van der Waals surface area contributed by atoms with Crippen LogP contribution in [0.5, 0.6) is 0 Å². The molecule has 0 unspecified atom stereocenters. The lowest BCUT2D eigenvalue weighted by Gasteiger charge is -2.06. The van der Waals surface area contributed by atoms with Gasteiger partial charge in [0, 0.05) is 6.54 Å². The number of nitriles is 1. The third-order valence-corrected chi connectivity index (χ3v) is 3.09. The zero-order valence-electron chi connectivity index (χ0n) is 11.2. The Hall–Kier alpha value is -2.11. The lowest BCUT2D eigenvalue weighted by atomic mass is 10.1. The molecule has 1 N–H and O–H groups in total. The molecule has 0 aliphatic heterocycles. The molecule has 0 atom stereocenters. The third kappa shape index (κ3) is 4.24. The van der Waals surface area contributed by atoms with Crippen molar-refractivity contribution in [1.29, 1.82) is 5.26 Å². The van der Waals surface area contributed by atoms with Gasteiger partial charge in [0.05, 0.1) is 11.6 Å². The topological polar surface area (TPSA) is 35.8 Å². The maximum Gasteiger partial charge on any atom is 0.0991 e. The van der Waals surface area contributed by atoms with E-state index >= 15 is 0 Å². The molecule has 2 aromatic rings. The van der Waals surface area contributed by atoms with Gasteiger partial charge >= 0.3 is 0 Å². The Labute approximate surface area is 114 Å². The molecule has 0 heterocycles. The van der Waals surface area contributed by atoms with Gasteiger partial charge in [-0.1, -0.05) is 42.0 Å². The zero-order chi connectivity index (χ0) is 13.5. The quantitative estimate of drug-likeness (QED) is 0.827. The number of hydrogen-bond donors (Lipinski definition) is 1. The van der Waals surface area contributed by atoms with Gasteiger partial charge < -0.3 is 5.32 Å². The minimum atomic E-state index is 0.712. The molecule has 0 aliphatic carbocycles. The zero-order valence-corrected chi connectivity index (χ0v) is 11.2. The number of aryl methyl sites for hydroxylation is 1. The van der Waals surface area contributed by atoms with Crippen molar-refractivity contribution in [2.75, 3.05) is 6.54 Å². The highest BCUT2D eigenvalue weighted by Gasteiger charge is 1.96. The summed E-state index contributed by atoms with van der Waals surface area (Å²) in [5, 5.41) is 12.1. The van der Waals surface area contributed by atoms with Crippen molar-refractivity contribution in [3.63, 3.8) is 0 Å². The van der Waals surface area contributed by atoms with E-state index in [0.717, 1.165) is 19.5 Å². The van der Waals surface area contributed by atoms with E-state index in [4.69, 9.17) is 5.26 Å². The Morgan fingerprint density at radius 2 is 1.84 bits per heavy atom. The van der Waals surface area contributed by atoms with Gasteiger partial charge in [0.1, 0.15) is 0 Å². The second-order valence-electron chi connectivity index (χ2n) is 4.72. The second kappa shape index (κ2) is 6.72. The molecule has 0 fully saturated rings. The van der Waals surface area contributed by atoms with Crippen LogP contribution in [-0.2, 0) is 13.0 Å². The molecule has 0 spiro atoms. The molecule has 0 saturated heterocycles. The predicted octanol–water partition coefficient (Wildman–Crippen LogP) is 3.20. The predicted molar refractivity (Wildman–Crippen MR) is 77.7 cm³/mol. The molecule has 2 nitrogen and oxygen atoms in total. The SMILES string of the molecule is Cc1cccc(CCNCc2ccc(C#N)cc2)c1. The van der Waals surface area contributed by atoms with Gasteiger partial charge in [0.2, 0.25) is 0 Å². The van der Waals surface area contributed by atoms with E-state index in [1.165, 1.54) is 16.7 Å². The summed E-state index contributed by atoms with van der Waals surface area (Å²) in [6.45, 7) is 3.93. The lowest BCUT2D eigenvalue weighted by molar-refractivity contribution is 0.687. The Bertz CT molecular complexity index is 565. The van der Waals surface area contributed by atoms with Crippen molar-refractivity contribution in [2.24, 2.45) is 0 Å². The summed E-state index contributed by atoms with van der Waals surface area (Å²) in [6, 6.07) is 18.5. The molecule has 2 aromatic carbocycles. The van der Waals surface area contributed by atoms with Crippen molar-refractivity contribution in [2.45, 2.75) is 19.9 Å². The average Bonchev–Trinajstić information content (AvgIpc) is 2.44. The lowest BCUT2D eigenvalue weighted by Crippen LogP contribution is -2.16. The first-order chi connectivity index (χ1) is 9.28. The Morgan fingerprint density at radius 1 is 1.05 bits per heavy atom. The molecule has 0 aromatic heterocycles. The van der Waals surface area contributed by atoms with Crippen LogP contribution < -0.4 is 5.32 Å². The summed E-state index contributed by atoms with van der Waals surface area (Å²) in [5.74, 6) is 0. The molecule has 2 heteroatoms. The van der Waals surface area contributed by atoms with E-state index in [-0.39, 0.29) is 0 Å². The van der Waals surface area contributed by atoms with Gasteiger partial charge in [-0.05, 0) is 43.1 Å². The monoisotopic (exact) mass is 250 g/mol. The first-order valence-electron chi connectivity index (χ1n) is 6.53. The van der Waals surface area contributed by atoms with Gasteiger partial charge in [-0.15, -0.1) is 0 Å². The van der Waals surface area contributed by atoms with Gasteiger partial charge in [0.15, 0.2) is 0 Å². The minimum Gasteiger partial charge on any atom is -0.312 e. The van der Waals surface area contributed by atoms with Crippen molar-refractivity contribution in [3.05, 3.63) is 70.8 Å². The fourth-order valence-corrected chi connectivity index (χ4v) is 2.03. The van der Waals surface area contributed by atoms with Crippen LogP contribution in [0, 0.1) is 18.3 Å².